The number of benzene rings is 1. The molecule has 2 aliphatic heterocycles. The van der Waals surface area contributed by atoms with Crippen molar-refractivity contribution in [2.24, 2.45) is 11.8 Å². The lowest BCUT2D eigenvalue weighted by Crippen LogP contribution is -2.48. The molecule has 5 nitrogen and oxygen atoms in total. The molecule has 0 saturated carbocycles. The first-order valence-electron chi connectivity index (χ1n) is 8.56. The molecule has 2 aliphatic rings. The highest BCUT2D eigenvalue weighted by Crippen LogP contribution is 2.20. The Bertz CT molecular complexity index is 583. The molecule has 2 N–H and O–H groups in total. The molecule has 1 aromatic rings. The summed E-state index contributed by atoms with van der Waals surface area (Å²) < 4.78 is 0. The number of nitrogens with one attached hydrogen (secondary N) is 2. The van der Waals surface area contributed by atoms with Crippen LogP contribution in [0.15, 0.2) is 24.3 Å². The van der Waals surface area contributed by atoms with E-state index in [0.29, 0.717) is 17.2 Å². The summed E-state index contributed by atoms with van der Waals surface area (Å²) in [4.78, 5) is 26.7. The predicted molar refractivity (Wildman–Crippen MR) is 97.6 cm³/mol. The third kappa shape index (κ3) is 4.28. The van der Waals surface area contributed by atoms with Crippen LogP contribution in [0.3, 0.4) is 0 Å². The summed E-state index contributed by atoms with van der Waals surface area (Å²) in [6, 6.07) is 7.30. The number of anilines is 1. The van der Waals surface area contributed by atoms with Gasteiger partial charge in [0.1, 0.15) is 0 Å². The van der Waals surface area contributed by atoms with Crippen molar-refractivity contribution in [3.05, 3.63) is 29.8 Å². The highest BCUT2D eigenvalue weighted by molar-refractivity contribution is 5.97. The fourth-order valence-corrected chi connectivity index (χ4v) is 3.14. The zero-order valence-electron chi connectivity index (χ0n) is 14.1. The average molecular weight is 352 g/mol. The largest absolute Gasteiger partial charge is 0.339 e. The third-order valence-corrected chi connectivity index (χ3v) is 4.95. The van der Waals surface area contributed by atoms with Crippen LogP contribution in [-0.4, -0.2) is 42.9 Å². The van der Waals surface area contributed by atoms with Crippen molar-refractivity contribution in [3.63, 3.8) is 0 Å². The number of halogens is 1. The number of amides is 2. The van der Waals surface area contributed by atoms with Crippen molar-refractivity contribution in [3.8, 4) is 0 Å². The number of hydrogen-bond acceptors (Lipinski definition) is 3. The van der Waals surface area contributed by atoms with Gasteiger partial charge in [-0.05, 0) is 56.5 Å². The summed E-state index contributed by atoms with van der Waals surface area (Å²) >= 11 is 0. The molecule has 1 atom stereocenters. The Balaban J connectivity index is 0.00000208. The monoisotopic (exact) mass is 351 g/mol. The van der Waals surface area contributed by atoms with E-state index in [1.165, 1.54) is 6.42 Å². The molecular weight excluding hydrogens is 326 g/mol. The molecule has 6 heteroatoms. The number of carbonyl (C=O) groups is 2. The minimum Gasteiger partial charge on any atom is -0.339 e. The van der Waals surface area contributed by atoms with Gasteiger partial charge in [-0.25, -0.2) is 0 Å². The molecule has 0 aliphatic carbocycles. The van der Waals surface area contributed by atoms with Gasteiger partial charge in [-0.15, -0.1) is 12.4 Å². The van der Waals surface area contributed by atoms with Gasteiger partial charge in [0.25, 0.3) is 5.91 Å². The third-order valence-electron chi connectivity index (χ3n) is 4.95. The minimum absolute atomic E-state index is 0. The van der Waals surface area contributed by atoms with Crippen LogP contribution in [0, 0.1) is 11.8 Å². The molecule has 2 amide bonds. The average Bonchev–Trinajstić information content (AvgIpc) is 2.53. The highest BCUT2D eigenvalue weighted by Gasteiger charge is 2.28. The summed E-state index contributed by atoms with van der Waals surface area (Å²) in [5, 5.41) is 6.14. The van der Waals surface area contributed by atoms with Crippen molar-refractivity contribution in [1.29, 1.82) is 0 Å². The Morgan fingerprint density at radius 3 is 2.54 bits per heavy atom. The van der Waals surface area contributed by atoms with Crippen LogP contribution in [0.25, 0.3) is 0 Å². The van der Waals surface area contributed by atoms with Crippen LogP contribution in [0.5, 0.6) is 0 Å². The molecule has 0 spiro atoms. The van der Waals surface area contributed by atoms with E-state index in [9.17, 15) is 9.59 Å². The fourth-order valence-electron chi connectivity index (χ4n) is 3.14. The van der Waals surface area contributed by atoms with Crippen LogP contribution >= 0.6 is 12.4 Å². The fraction of sp³-hybridized carbons (Fsp3) is 0.556. The van der Waals surface area contributed by atoms with Crippen LogP contribution in [0.4, 0.5) is 5.69 Å². The second-order valence-electron chi connectivity index (χ2n) is 6.63. The molecule has 2 heterocycles. The normalized spacial score (nSPS) is 19.0. The lowest BCUT2D eigenvalue weighted by molar-refractivity contribution is -0.121. The van der Waals surface area contributed by atoms with E-state index < -0.39 is 0 Å². The summed E-state index contributed by atoms with van der Waals surface area (Å²) in [6.07, 6.45) is 3.36. The van der Waals surface area contributed by atoms with Crippen molar-refractivity contribution >= 4 is 29.9 Å². The van der Waals surface area contributed by atoms with Gasteiger partial charge in [0.2, 0.25) is 5.91 Å². The van der Waals surface area contributed by atoms with E-state index in [2.05, 4.69) is 10.6 Å². The number of hydrogen-bond donors (Lipinski definition) is 2. The zero-order chi connectivity index (χ0) is 16.2. The van der Waals surface area contributed by atoms with E-state index in [1.807, 2.05) is 30.0 Å². The van der Waals surface area contributed by atoms with Gasteiger partial charge in [0, 0.05) is 30.3 Å². The number of nitrogens with zero attached hydrogens (tertiary/aromatic N) is 1. The smallest absolute Gasteiger partial charge is 0.253 e. The minimum atomic E-state index is -0.0160. The lowest BCUT2D eigenvalue weighted by atomic mass is 9.88. The first-order valence-corrected chi connectivity index (χ1v) is 8.56. The molecule has 0 aromatic heterocycles. The van der Waals surface area contributed by atoms with E-state index >= 15 is 0 Å². The number of rotatable bonds is 4. The predicted octanol–water partition coefficient (Wildman–Crippen LogP) is 2.53. The standard InChI is InChI=1S/C18H25N3O2.ClH/c1-13(15-11-19-12-15)17(22)20-16-7-5-6-14(10-16)18(23)21-8-3-2-4-9-21;/h5-7,10,13,15,19H,2-4,8-9,11-12H2,1H3,(H,20,22);1H. The van der Waals surface area contributed by atoms with Crippen LogP contribution in [-0.2, 0) is 4.79 Å². The number of piperidine rings is 1. The second-order valence-corrected chi connectivity index (χ2v) is 6.63. The van der Waals surface area contributed by atoms with Gasteiger partial charge in [0.15, 0.2) is 0 Å². The molecule has 24 heavy (non-hydrogen) atoms. The SMILES string of the molecule is CC(C(=O)Nc1cccc(C(=O)N2CCCCC2)c1)C1CNC1.Cl. The molecule has 0 radical (unpaired) electrons. The Morgan fingerprint density at radius 1 is 1.21 bits per heavy atom. The molecular formula is C18H26ClN3O2. The molecule has 0 bridgehead atoms. The maximum Gasteiger partial charge on any atom is 0.253 e. The van der Waals surface area contributed by atoms with Gasteiger partial charge < -0.3 is 15.5 Å². The van der Waals surface area contributed by atoms with Gasteiger partial charge in [-0.1, -0.05) is 13.0 Å². The summed E-state index contributed by atoms with van der Waals surface area (Å²) in [5.74, 6) is 0.488. The Labute approximate surface area is 149 Å². The topological polar surface area (TPSA) is 61.4 Å². The van der Waals surface area contributed by atoms with Crippen molar-refractivity contribution < 1.29 is 9.59 Å². The number of likely N-dealkylation sites (tertiary alicyclic amines) is 1. The molecule has 132 valence electrons. The second kappa shape index (κ2) is 8.49. The van der Waals surface area contributed by atoms with Crippen molar-refractivity contribution in [2.75, 3.05) is 31.5 Å². The molecule has 1 aromatic carbocycles. The van der Waals surface area contributed by atoms with Crippen molar-refractivity contribution in [2.45, 2.75) is 26.2 Å². The Hall–Kier alpha value is -1.59. The van der Waals surface area contributed by atoms with Gasteiger partial charge in [-0.3, -0.25) is 9.59 Å². The zero-order valence-corrected chi connectivity index (χ0v) is 14.9. The Kier molecular flexibility index (Phi) is 6.63. The maximum atomic E-state index is 12.5. The van der Waals surface area contributed by atoms with E-state index in [4.69, 9.17) is 0 Å². The van der Waals surface area contributed by atoms with E-state index in [1.54, 1.807) is 6.07 Å². The van der Waals surface area contributed by atoms with Gasteiger partial charge in [-0.2, -0.15) is 0 Å². The van der Waals surface area contributed by atoms with Crippen LogP contribution < -0.4 is 10.6 Å². The lowest BCUT2D eigenvalue weighted by Gasteiger charge is -2.31. The van der Waals surface area contributed by atoms with E-state index in [0.717, 1.165) is 39.0 Å². The summed E-state index contributed by atoms with van der Waals surface area (Å²) in [7, 11) is 0. The summed E-state index contributed by atoms with van der Waals surface area (Å²) in [6.45, 7) is 5.44. The van der Waals surface area contributed by atoms with E-state index in [-0.39, 0.29) is 30.1 Å². The highest BCUT2D eigenvalue weighted by atomic mass is 35.5. The molecule has 2 saturated heterocycles. The number of carbonyl (C=O) groups excluding carboxylic acids is 2. The molecule has 2 fully saturated rings. The van der Waals surface area contributed by atoms with Crippen LogP contribution in [0.1, 0.15) is 36.5 Å². The quantitative estimate of drug-likeness (QED) is 0.876. The summed E-state index contributed by atoms with van der Waals surface area (Å²) in [5.41, 5.74) is 1.36. The van der Waals surface area contributed by atoms with Crippen molar-refractivity contribution in [1.82, 2.24) is 10.2 Å². The van der Waals surface area contributed by atoms with Gasteiger partial charge >= 0.3 is 0 Å². The molecule has 1 unspecified atom stereocenters. The molecule has 3 rings (SSSR count). The Morgan fingerprint density at radius 2 is 1.92 bits per heavy atom. The first-order chi connectivity index (χ1) is 11.1. The first kappa shape index (κ1) is 18.7. The van der Waals surface area contributed by atoms with Crippen LogP contribution in [0.2, 0.25) is 0 Å². The van der Waals surface area contributed by atoms with Gasteiger partial charge in [0.05, 0.1) is 0 Å². The maximum absolute atomic E-state index is 12.5.